The molecule has 2 aromatic carbocycles. The number of unbranched alkanes of at least 4 members (excludes halogenated alkanes) is 1. The van der Waals surface area contributed by atoms with Crippen LogP contribution in [-0.4, -0.2) is 244 Å². The van der Waals surface area contributed by atoms with Gasteiger partial charge in [-0.25, -0.2) is 4.79 Å². The molecule has 13 atom stereocenters. The molecule has 0 bridgehead atoms. The van der Waals surface area contributed by atoms with Crippen molar-refractivity contribution in [2.45, 2.75) is 253 Å². The third kappa shape index (κ3) is 44.7. The van der Waals surface area contributed by atoms with Gasteiger partial charge in [-0.3, -0.25) is 71.9 Å². The quantitative estimate of drug-likeness (QED) is 0.0358. The zero-order valence-corrected chi connectivity index (χ0v) is 74.5. The van der Waals surface area contributed by atoms with E-state index in [1.165, 1.54) is 48.2 Å². The number of H-pyrrole nitrogens is 1. The molecule has 1 heterocycles. The molecule has 0 aliphatic rings. The van der Waals surface area contributed by atoms with Crippen molar-refractivity contribution < 1.29 is 102 Å². The number of likely N-dealkylation sites (N-methyl/N-ethyl adjacent to an activating group) is 3. The lowest BCUT2D eigenvalue weighted by Gasteiger charge is -2.32. The van der Waals surface area contributed by atoms with Crippen molar-refractivity contribution in [2.75, 3.05) is 54.0 Å². The number of aliphatic hydroxyl groups is 3. The molecule has 3 rings (SSSR count). The van der Waals surface area contributed by atoms with Crippen LogP contribution in [0.1, 0.15) is 191 Å². The van der Waals surface area contributed by atoms with E-state index in [0.717, 1.165) is 50.5 Å². The summed E-state index contributed by atoms with van der Waals surface area (Å²) < 4.78 is 5.74. The Kier molecular flexibility index (Phi) is 59.7. The van der Waals surface area contributed by atoms with E-state index in [9.17, 15) is 97.1 Å². The van der Waals surface area contributed by atoms with Crippen molar-refractivity contribution in [3.63, 3.8) is 0 Å². The van der Waals surface area contributed by atoms with Crippen LogP contribution < -0.4 is 65.9 Å². The van der Waals surface area contributed by atoms with Crippen molar-refractivity contribution in [3.05, 3.63) is 71.9 Å². The van der Waals surface area contributed by atoms with Crippen LogP contribution in [0.25, 0.3) is 10.9 Å². The molecule has 686 valence electrons. The van der Waals surface area contributed by atoms with E-state index in [1.54, 1.807) is 65.2 Å². The second-order valence-electron chi connectivity index (χ2n) is 30.7. The van der Waals surface area contributed by atoms with Crippen LogP contribution in [0.15, 0.2) is 60.8 Å². The monoisotopic (exact) mass is 1750 g/mol. The lowest BCUT2D eigenvalue weighted by molar-refractivity contribution is -0.161. The fourth-order valence-electron chi connectivity index (χ4n) is 12.3. The molecular weight excluding hydrogens is 1610 g/mol. The number of para-hydroxylation sites is 1. The number of carboxylic acids is 1. The molecule has 0 fully saturated rings. The molecule has 22 N–H and O–H groups in total. The first-order chi connectivity index (χ1) is 55.9. The number of nitrogens with two attached hydrogens (primary N) is 5. The van der Waals surface area contributed by atoms with E-state index in [-0.39, 0.29) is 92.9 Å². The van der Waals surface area contributed by atoms with Gasteiger partial charge in [0.2, 0.25) is 65.0 Å². The minimum absolute atomic E-state index is 0. The van der Waals surface area contributed by atoms with Crippen molar-refractivity contribution in [1.29, 1.82) is 0 Å². The van der Waals surface area contributed by atoms with Crippen LogP contribution in [0.2, 0.25) is 0 Å². The number of nitrogens with one attached hydrogen (secondary N) is 8. The third-order valence-corrected chi connectivity index (χ3v) is 19.5. The number of carboxylic acid groups (broad SMARTS) is 1. The molecule has 11 amide bonds. The Morgan fingerprint density at radius 3 is 1.64 bits per heavy atom. The normalized spacial score (nSPS) is 14.0. The van der Waals surface area contributed by atoms with Crippen molar-refractivity contribution in [1.82, 2.24) is 52.0 Å². The number of carbonyl (C=O) groups is 16. The van der Waals surface area contributed by atoms with Gasteiger partial charge in [-0.15, -0.1) is 24.8 Å². The molecule has 38 heteroatoms. The van der Waals surface area contributed by atoms with Crippen LogP contribution in [0.5, 0.6) is 0 Å². The first-order valence-electron chi connectivity index (χ1n) is 40.7. The Labute approximate surface area is 723 Å². The number of aromatic amines is 1. The number of aromatic nitrogens is 1. The maximum Gasteiger partial charge on any atom is 0.329 e. The van der Waals surface area contributed by atoms with Gasteiger partial charge in [0.1, 0.15) is 42.4 Å². The summed E-state index contributed by atoms with van der Waals surface area (Å²) in [5.41, 5.74) is 29.8. The largest absolute Gasteiger partial charge is 0.481 e. The molecule has 0 radical (unpaired) electrons. The number of hydrogen-bond donors (Lipinski definition) is 17. The lowest BCUT2D eigenvalue weighted by Crippen LogP contribution is -2.58. The fourth-order valence-corrected chi connectivity index (χ4v) is 12.3. The number of hydrogen-bond acceptors (Lipinski definition) is 23. The molecule has 13 unspecified atom stereocenters. The molecule has 0 aliphatic heterocycles. The van der Waals surface area contributed by atoms with Crippen molar-refractivity contribution >= 4 is 130 Å². The summed E-state index contributed by atoms with van der Waals surface area (Å²) in [7, 11) is 4.63. The SMILES string of the molecule is CC(=O)NC(CO)C(=O)CC(C(=O)NC(CO)C(=O)NCC(=O)N(C)C(Cc1ccccc1)C(=O)NC(CC(C)C)C(=O)NC(CCCN)C(=O)CC(CCC(=O)O)C(=O)NC(CC(N)=O)C(=O)CC(C)C(N)=O)C(O)C(N)=O.CCC(CCCC(C)C)OC(=O)C(C(C)C)N(C)C(=O)C(C)NC.CCCCN.CCc1c[nH]c2ccccc12.Cl.Cl. The maximum atomic E-state index is 14.4. The number of rotatable bonds is 53. The number of halogens is 2. The highest BCUT2D eigenvalue weighted by atomic mass is 35.5. The Balaban J connectivity index is -0.00000267. The number of amides is 11. The molecule has 0 saturated heterocycles. The van der Waals surface area contributed by atoms with Gasteiger partial charge in [0, 0.05) is 82.1 Å². The minimum atomic E-state index is -2.32. The second-order valence-corrected chi connectivity index (χ2v) is 30.7. The highest BCUT2D eigenvalue weighted by molar-refractivity contribution is 6.00. The van der Waals surface area contributed by atoms with E-state index >= 15 is 0 Å². The third-order valence-electron chi connectivity index (χ3n) is 19.5. The number of aliphatic carboxylic acids is 1. The number of Topliss-reactive ketones (excluding diaryl/α,β-unsaturated/α-hetero) is 3. The predicted octanol–water partition coefficient (Wildman–Crippen LogP) is 1.75. The highest BCUT2D eigenvalue weighted by Gasteiger charge is 2.40. The number of fused-ring (bicyclic) bond motifs is 1. The van der Waals surface area contributed by atoms with Gasteiger partial charge in [0.15, 0.2) is 17.3 Å². The Bertz CT molecular complexity index is 3720. The summed E-state index contributed by atoms with van der Waals surface area (Å²) in [6.07, 6.45) is 3.02. The average Bonchev–Trinajstić information content (AvgIpc) is 1.69. The number of ketones is 3. The second kappa shape index (κ2) is 62.5. The van der Waals surface area contributed by atoms with E-state index in [2.05, 4.69) is 100 Å². The van der Waals surface area contributed by atoms with Gasteiger partial charge in [0.25, 0.3) is 0 Å². The number of esters is 1. The zero-order valence-electron chi connectivity index (χ0n) is 72.9. The lowest BCUT2D eigenvalue weighted by atomic mass is 9.90. The maximum absolute atomic E-state index is 14.4. The standard InChI is InChI=1S/C50H77N11O18.C19H38N2O3.C10H11N.C4H11N.2ClH/c1-25(2)16-33(49(78)57-31(12-9-15-51)38(66)19-29(13-14-42(70)71)46(75)58-32(21-40(52)68)37(65)17-26(3)44(53)73)59-50(79)36(18-28-10-7-6-8-11-28)61(5)41(69)22-55-48(77)35(24-63)60-47(76)30(43(72)45(54)74)20-39(67)34(23-62)56-27(4)64;1-9-16(12-10-11-13(2)3)24-19(23)17(14(4)5)21(8)18(22)15(6)20-7;1-2-8-7-11-10-6-4-3-5-9(8)10;1-2-3-4-5;;/h6-8,10-11,25-26,29-36,43,62-63,72H,9,12-24,51H2,1-5H3,(H2,52,68)(H2,53,73)(H2,54,74)(H,55,77)(H,56,64)(H,57,78)(H,58,75)(H,59,79)(H,60,76)(H,70,71);13-17,20H,9-12H2,1-8H3;3-7,11H,2H2,1H3;2-5H2,1H3;2*1H. The Morgan fingerprint density at radius 1 is 0.579 bits per heavy atom. The van der Waals surface area contributed by atoms with Crippen LogP contribution in [0.4, 0.5) is 0 Å². The summed E-state index contributed by atoms with van der Waals surface area (Å²) in [5.74, 6) is -18.6. The van der Waals surface area contributed by atoms with Gasteiger partial charge in [0.05, 0.1) is 50.2 Å². The van der Waals surface area contributed by atoms with E-state index in [4.69, 9.17) is 33.4 Å². The smallest absolute Gasteiger partial charge is 0.329 e. The summed E-state index contributed by atoms with van der Waals surface area (Å²) >= 11 is 0. The number of primary amides is 3. The summed E-state index contributed by atoms with van der Waals surface area (Å²) in [6.45, 7) is 20.2. The van der Waals surface area contributed by atoms with Crippen LogP contribution in [0.3, 0.4) is 0 Å². The molecule has 3 aromatic rings. The first kappa shape index (κ1) is 116. The molecule has 36 nitrogen and oxygen atoms in total. The fraction of sp³-hybridized carbons (Fsp3) is 0.639. The van der Waals surface area contributed by atoms with Gasteiger partial charge < -0.3 is 106 Å². The van der Waals surface area contributed by atoms with Crippen molar-refractivity contribution in [3.8, 4) is 0 Å². The molecule has 1 aromatic heterocycles. The summed E-state index contributed by atoms with van der Waals surface area (Å²) in [4.78, 5) is 212. The summed E-state index contributed by atoms with van der Waals surface area (Å²) in [6, 6.07) is 6.64. The summed E-state index contributed by atoms with van der Waals surface area (Å²) in [5, 5.41) is 57.8. The van der Waals surface area contributed by atoms with Crippen molar-refractivity contribution in [2.24, 2.45) is 64.2 Å². The molecule has 0 spiro atoms. The molecule has 121 heavy (non-hydrogen) atoms. The predicted molar refractivity (Wildman–Crippen MR) is 462 cm³/mol. The van der Waals surface area contributed by atoms with Gasteiger partial charge in [-0.1, -0.05) is 131 Å². The topological polar surface area (TPSA) is 600 Å². The average molecular weight is 1750 g/mol. The number of aryl methyl sites for hydroxylation is 1. The first-order valence-corrected chi connectivity index (χ1v) is 40.7. The molecule has 0 aliphatic carbocycles. The number of aliphatic hydroxyl groups excluding tert-OH is 3. The Hall–Kier alpha value is -9.56. The van der Waals surface area contributed by atoms with Gasteiger partial charge in [-0.2, -0.15) is 0 Å². The number of nitrogens with zero attached hydrogens (tertiary/aromatic N) is 2. The Morgan fingerprint density at radius 2 is 1.14 bits per heavy atom. The van der Waals surface area contributed by atoms with E-state index in [1.807, 2.05) is 20.8 Å². The molecule has 0 saturated carbocycles. The van der Waals surface area contributed by atoms with E-state index in [0.29, 0.717) is 11.5 Å². The number of carbonyl (C=O) groups excluding carboxylic acids is 15. The minimum Gasteiger partial charge on any atom is -0.481 e. The number of benzene rings is 2. The molecular formula is C83H139Cl2N15O21. The zero-order chi connectivity index (χ0) is 90.9. The number of ether oxygens (including phenoxy) is 1. The van der Waals surface area contributed by atoms with Gasteiger partial charge >= 0.3 is 11.9 Å². The highest BCUT2D eigenvalue weighted by Crippen LogP contribution is 2.23. The van der Waals surface area contributed by atoms with Crippen LogP contribution >= 0.6 is 24.8 Å². The van der Waals surface area contributed by atoms with Crippen LogP contribution in [-0.2, 0) is 94.3 Å². The van der Waals surface area contributed by atoms with E-state index < -0.39 is 207 Å². The van der Waals surface area contributed by atoms with Crippen LogP contribution in [0, 0.1) is 35.5 Å². The van der Waals surface area contributed by atoms with Gasteiger partial charge in [-0.05, 0) is 120 Å².